The highest BCUT2D eigenvalue weighted by atomic mass is 16.5. The van der Waals surface area contributed by atoms with E-state index in [9.17, 15) is 5.11 Å². The fraction of sp³-hybridized carbons (Fsp3) is 1.00. The van der Waals surface area contributed by atoms with E-state index in [-0.39, 0.29) is 12.0 Å². The Morgan fingerprint density at radius 1 is 1.57 bits per heavy atom. The lowest BCUT2D eigenvalue weighted by molar-refractivity contribution is 0.00914. The van der Waals surface area contributed by atoms with Crippen LogP contribution in [0, 0.1) is 11.3 Å². The molecule has 0 aliphatic carbocycles. The van der Waals surface area contributed by atoms with Crippen molar-refractivity contribution in [3.63, 3.8) is 0 Å². The molecule has 0 saturated carbocycles. The number of rotatable bonds is 5. The van der Waals surface area contributed by atoms with Crippen molar-refractivity contribution in [2.75, 3.05) is 19.8 Å². The minimum atomic E-state index is -0.144. The molecule has 1 fully saturated rings. The van der Waals surface area contributed by atoms with E-state index in [0.717, 1.165) is 25.9 Å². The number of hydrogen-bond acceptors (Lipinski definition) is 3. The van der Waals surface area contributed by atoms with E-state index in [0.29, 0.717) is 18.6 Å². The van der Waals surface area contributed by atoms with Gasteiger partial charge in [0.2, 0.25) is 0 Å². The van der Waals surface area contributed by atoms with Crippen LogP contribution in [0.2, 0.25) is 0 Å². The largest absolute Gasteiger partial charge is 0.396 e. The van der Waals surface area contributed by atoms with Crippen molar-refractivity contribution in [1.82, 2.24) is 0 Å². The first-order chi connectivity index (χ1) is 6.64. The molecule has 14 heavy (non-hydrogen) atoms. The van der Waals surface area contributed by atoms with E-state index >= 15 is 0 Å². The summed E-state index contributed by atoms with van der Waals surface area (Å²) in [6.45, 7) is 5.83. The Hall–Kier alpha value is -0.120. The average Bonchev–Trinajstić information content (AvgIpc) is 2.66. The van der Waals surface area contributed by atoms with Gasteiger partial charge in [-0.05, 0) is 25.2 Å². The maximum Gasteiger partial charge on any atom is 0.0582 e. The maximum absolute atomic E-state index is 9.47. The molecule has 1 heterocycles. The fourth-order valence-electron chi connectivity index (χ4n) is 2.13. The van der Waals surface area contributed by atoms with E-state index < -0.39 is 0 Å². The third kappa shape index (κ3) is 2.47. The Morgan fingerprint density at radius 3 is 2.64 bits per heavy atom. The van der Waals surface area contributed by atoms with Gasteiger partial charge in [-0.15, -0.1) is 0 Å². The molecule has 1 saturated heterocycles. The van der Waals surface area contributed by atoms with Gasteiger partial charge >= 0.3 is 0 Å². The highest BCUT2D eigenvalue weighted by Gasteiger charge is 2.35. The Labute approximate surface area is 86.6 Å². The fourth-order valence-corrected chi connectivity index (χ4v) is 2.13. The van der Waals surface area contributed by atoms with Crippen LogP contribution in [-0.4, -0.2) is 31.0 Å². The standard InChI is InChI=1S/C11H23NO2/c1-9(2)11(7-12,8-13)6-10-4-3-5-14-10/h9-10,13H,3-8,12H2,1-2H3. The molecule has 0 amide bonds. The smallest absolute Gasteiger partial charge is 0.0582 e. The summed E-state index contributed by atoms with van der Waals surface area (Å²) in [7, 11) is 0. The van der Waals surface area contributed by atoms with E-state index in [1.54, 1.807) is 0 Å². The second-order valence-electron chi connectivity index (χ2n) is 4.72. The molecule has 0 radical (unpaired) electrons. The number of nitrogens with two attached hydrogens (primary N) is 1. The van der Waals surface area contributed by atoms with Crippen molar-refractivity contribution in [3.05, 3.63) is 0 Å². The second kappa shape index (κ2) is 5.10. The molecule has 1 aliphatic heterocycles. The number of aliphatic hydroxyl groups excluding tert-OH is 1. The third-order valence-electron chi connectivity index (χ3n) is 3.60. The van der Waals surface area contributed by atoms with Gasteiger partial charge in [0.1, 0.15) is 0 Å². The summed E-state index contributed by atoms with van der Waals surface area (Å²) in [4.78, 5) is 0. The SMILES string of the molecule is CC(C)C(CN)(CO)CC1CCCO1. The maximum atomic E-state index is 9.47. The number of hydrogen-bond donors (Lipinski definition) is 2. The van der Waals surface area contributed by atoms with Crippen LogP contribution in [-0.2, 0) is 4.74 Å². The lowest BCUT2D eigenvalue weighted by Crippen LogP contribution is -2.41. The first-order valence-electron chi connectivity index (χ1n) is 5.57. The molecule has 3 N–H and O–H groups in total. The van der Waals surface area contributed by atoms with Gasteiger partial charge in [0.05, 0.1) is 12.7 Å². The van der Waals surface area contributed by atoms with Crippen LogP contribution in [0.15, 0.2) is 0 Å². The molecule has 0 aromatic heterocycles. The topological polar surface area (TPSA) is 55.5 Å². The van der Waals surface area contributed by atoms with Crippen molar-refractivity contribution in [3.8, 4) is 0 Å². The van der Waals surface area contributed by atoms with Gasteiger partial charge in [-0.2, -0.15) is 0 Å². The minimum absolute atomic E-state index is 0.144. The van der Waals surface area contributed by atoms with E-state index in [2.05, 4.69) is 13.8 Å². The molecular weight excluding hydrogens is 178 g/mol. The van der Waals surface area contributed by atoms with E-state index in [1.807, 2.05) is 0 Å². The van der Waals surface area contributed by atoms with Gasteiger partial charge in [0.25, 0.3) is 0 Å². The summed E-state index contributed by atoms with van der Waals surface area (Å²) in [5, 5.41) is 9.47. The number of aliphatic hydroxyl groups is 1. The Morgan fingerprint density at radius 2 is 2.29 bits per heavy atom. The van der Waals surface area contributed by atoms with Crippen LogP contribution >= 0.6 is 0 Å². The van der Waals surface area contributed by atoms with Crippen molar-refractivity contribution < 1.29 is 9.84 Å². The summed E-state index contributed by atoms with van der Waals surface area (Å²) < 4.78 is 5.60. The van der Waals surface area contributed by atoms with Crippen LogP contribution in [0.1, 0.15) is 33.1 Å². The molecule has 0 aromatic rings. The zero-order valence-electron chi connectivity index (χ0n) is 9.33. The Balaban J connectivity index is 2.57. The predicted molar refractivity (Wildman–Crippen MR) is 57.0 cm³/mol. The molecule has 84 valence electrons. The normalized spacial score (nSPS) is 26.8. The molecule has 0 bridgehead atoms. The molecule has 2 atom stereocenters. The molecule has 1 aliphatic rings. The van der Waals surface area contributed by atoms with Crippen LogP contribution in [0.4, 0.5) is 0 Å². The molecule has 0 spiro atoms. The van der Waals surface area contributed by atoms with Gasteiger partial charge in [-0.1, -0.05) is 13.8 Å². The van der Waals surface area contributed by atoms with Crippen molar-refractivity contribution in [2.45, 2.75) is 39.2 Å². The monoisotopic (exact) mass is 201 g/mol. The highest BCUT2D eigenvalue weighted by Crippen LogP contribution is 2.34. The van der Waals surface area contributed by atoms with Crippen molar-refractivity contribution in [1.29, 1.82) is 0 Å². The van der Waals surface area contributed by atoms with Gasteiger partial charge < -0.3 is 15.6 Å². The zero-order chi connectivity index (χ0) is 10.6. The van der Waals surface area contributed by atoms with Crippen LogP contribution < -0.4 is 5.73 Å². The molecule has 3 nitrogen and oxygen atoms in total. The summed E-state index contributed by atoms with van der Waals surface area (Å²) in [6, 6.07) is 0. The Bertz CT molecular complexity index is 161. The third-order valence-corrected chi connectivity index (χ3v) is 3.60. The number of ether oxygens (including phenoxy) is 1. The minimum Gasteiger partial charge on any atom is -0.396 e. The summed E-state index contributed by atoms with van der Waals surface area (Å²) >= 11 is 0. The molecule has 2 unspecified atom stereocenters. The quantitative estimate of drug-likeness (QED) is 0.701. The summed E-state index contributed by atoms with van der Waals surface area (Å²) in [5.41, 5.74) is 5.64. The lowest BCUT2D eigenvalue weighted by atomic mass is 9.73. The van der Waals surface area contributed by atoms with Crippen LogP contribution in [0.3, 0.4) is 0 Å². The van der Waals surface area contributed by atoms with E-state index in [4.69, 9.17) is 10.5 Å². The zero-order valence-corrected chi connectivity index (χ0v) is 9.33. The van der Waals surface area contributed by atoms with Crippen LogP contribution in [0.25, 0.3) is 0 Å². The van der Waals surface area contributed by atoms with Gasteiger partial charge in [0.15, 0.2) is 0 Å². The summed E-state index contributed by atoms with van der Waals surface area (Å²) in [6.07, 6.45) is 3.48. The van der Waals surface area contributed by atoms with Crippen molar-refractivity contribution in [2.24, 2.45) is 17.1 Å². The lowest BCUT2D eigenvalue weighted by Gasteiger charge is -2.36. The average molecular weight is 201 g/mol. The first kappa shape index (κ1) is 12.0. The Kier molecular flexibility index (Phi) is 4.35. The van der Waals surface area contributed by atoms with Crippen LogP contribution in [0.5, 0.6) is 0 Å². The molecule has 3 heteroatoms. The second-order valence-corrected chi connectivity index (χ2v) is 4.72. The van der Waals surface area contributed by atoms with Gasteiger partial charge in [-0.25, -0.2) is 0 Å². The summed E-state index contributed by atoms with van der Waals surface area (Å²) in [5.74, 6) is 0.404. The molecule has 1 rings (SSSR count). The highest BCUT2D eigenvalue weighted by molar-refractivity contribution is 4.86. The molecular formula is C11H23NO2. The predicted octanol–water partition coefficient (Wildman–Crippen LogP) is 1.15. The molecule has 0 aromatic carbocycles. The van der Waals surface area contributed by atoms with E-state index in [1.165, 1.54) is 0 Å². The van der Waals surface area contributed by atoms with Gasteiger partial charge in [-0.3, -0.25) is 0 Å². The van der Waals surface area contributed by atoms with Gasteiger partial charge in [0, 0.05) is 18.6 Å². The van der Waals surface area contributed by atoms with Crippen molar-refractivity contribution >= 4 is 0 Å². The first-order valence-corrected chi connectivity index (χ1v) is 5.57.